The Bertz CT molecular complexity index is 512. The average Bonchev–Trinajstić information content (AvgIpc) is 2.29. The van der Waals surface area contributed by atoms with Gasteiger partial charge in [0.25, 0.3) is 0 Å². The molecule has 1 aromatic carbocycles. The number of hydrogen-bond acceptors (Lipinski definition) is 2. The number of amides is 2. The fourth-order valence-electron chi connectivity index (χ4n) is 1.47. The van der Waals surface area contributed by atoms with E-state index in [1.807, 2.05) is 0 Å². The fourth-order valence-corrected chi connectivity index (χ4v) is 2.38. The minimum atomic E-state index is -1.12. The summed E-state index contributed by atoms with van der Waals surface area (Å²) in [5.41, 5.74) is 0.170. The van der Waals surface area contributed by atoms with Gasteiger partial charge in [-0.15, -0.1) is 0 Å². The molecule has 0 aliphatic carbocycles. The van der Waals surface area contributed by atoms with E-state index in [1.54, 1.807) is 13.8 Å². The highest BCUT2D eigenvalue weighted by atomic mass is 35.5. The SMILES string of the molecule is CC(C)[C@@H](NC(=O)Nc1c(Cl)cc(Cl)cc1Cl)C(=O)O. The second-order valence-corrected chi connectivity index (χ2v) is 5.65. The summed E-state index contributed by atoms with van der Waals surface area (Å²) in [6.07, 6.45) is 0. The van der Waals surface area contributed by atoms with Crippen molar-refractivity contribution >= 4 is 52.5 Å². The molecule has 0 saturated heterocycles. The topological polar surface area (TPSA) is 78.4 Å². The van der Waals surface area contributed by atoms with Gasteiger partial charge >= 0.3 is 12.0 Å². The molecule has 0 aliphatic heterocycles. The van der Waals surface area contributed by atoms with Crippen LogP contribution in [0.15, 0.2) is 12.1 Å². The van der Waals surface area contributed by atoms with Gasteiger partial charge in [-0.05, 0) is 18.1 Å². The lowest BCUT2D eigenvalue weighted by molar-refractivity contribution is -0.140. The average molecular weight is 340 g/mol. The number of carbonyl (C=O) groups excluding carboxylic acids is 1. The van der Waals surface area contributed by atoms with Gasteiger partial charge < -0.3 is 15.7 Å². The second-order valence-electron chi connectivity index (χ2n) is 4.40. The van der Waals surface area contributed by atoms with Gasteiger partial charge in [0.15, 0.2) is 0 Å². The quantitative estimate of drug-likeness (QED) is 0.779. The highest BCUT2D eigenvalue weighted by Crippen LogP contribution is 2.33. The summed E-state index contributed by atoms with van der Waals surface area (Å²) in [4.78, 5) is 22.8. The van der Waals surface area contributed by atoms with E-state index in [0.29, 0.717) is 5.02 Å². The first-order valence-electron chi connectivity index (χ1n) is 5.67. The summed E-state index contributed by atoms with van der Waals surface area (Å²) < 4.78 is 0. The fraction of sp³-hybridized carbons (Fsp3) is 0.333. The number of aliphatic carboxylic acids is 1. The third-order valence-electron chi connectivity index (χ3n) is 2.46. The molecule has 0 saturated carbocycles. The Hall–Kier alpha value is -1.17. The number of rotatable bonds is 4. The second kappa shape index (κ2) is 7.02. The number of carbonyl (C=O) groups is 2. The number of anilines is 1. The van der Waals surface area contributed by atoms with Crippen molar-refractivity contribution in [1.29, 1.82) is 0 Å². The molecule has 8 heteroatoms. The van der Waals surface area contributed by atoms with Gasteiger partial charge in [-0.25, -0.2) is 9.59 Å². The molecular formula is C12H13Cl3N2O3. The predicted molar refractivity (Wildman–Crippen MR) is 79.9 cm³/mol. The van der Waals surface area contributed by atoms with Crippen LogP contribution in [0.5, 0.6) is 0 Å². The number of nitrogens with one attached hydrogen (secondary N) is 2. The molecule has 0 aromatic heterocycles. The van der Waals surface area contributed by atoms with Crippen LogP contribution in [0.2, 0.25) is 15.1 Å². The van der Waals surface area contributed by atoms with Gasteiger partial charge in [0, 0.05) is 5.02 Å². The van der Waals surface area contributed by atoms with Crippen LogP contribution in [0.4, 0.5) is 10.5 Å². The van der Waals surface area contributed by atoms with Crippen molar-refractivity contribution in [2.24, 2.45) is 5.92 Å². The van der Waals surface area contributed by atoms with Crippen LogP contribution in [0, 0.1) is 5.92 Å². The summed E-state index contributed by atoms with van der Waals surface area (Å²) in [6.45, 7) is 3.36. The first kappa shape index (κ1) is 16.9. The molecule has 0 spiro atoms. The molecule has 20 heavy (non-hydrogen) atoms. The minimum Gasteiger partial charge on any atom is -0.480 e. The molecular weight excluding hydrogens is 327 g/mol. The van der Waals surface area contributed by atoms with Gasteiger partial charge in [0.1, 0.15) is 6.04 Å². The van der Waals surface area contributed by atoms with Crippen molar-refractivity contribution in [3.05, 3.63) is 27.2 Å². The highest BCUT2D eigenvalue weighted by Gasteiger charge is 2.24. The summed E-state index contributed by atoms with van der Waals surface area (Å²) >= 11 is 17.6. The van der Waals surface area contributed by atoms with E-state index in [9.17, 15) is 9.59 Å². The lowest BCUT2D eigenvalue weighted by Crippen LogP contribution is -2.46. The zero-order chi connectivity index (χ0) is 15.4. The van der Waals surface area contributed by atoms with Crippen molar-refractivity contribution in [1.82, 2.24) is 5.32 Å². The molecule has 110 valence electrons. The van der Waals surface area contributed by atoms with Crippen molar-refractivity contribution in [3.8, 4) is 0 Å². The number of hydrogen-bond donors (Lipinski definition) is 3. The molecule has 0 aliphatic rings. The van der Waals surface area contributed by atoms with Gasteiger partial charge in [-0.3, -0.25) is 0 Å². The maximum Gasteiger partial charge on any atom is 0.326 e. The first-order valence-corrected chi connectivity index (χ1v) is 6.80. The van der Waals surface area contributed by atoms with Crippen LogP contribution in [-0.2, 0) is 4.79 Å². The molecule has 1 atom stereocenters. The molecule has 3 N–H and O–H groups in total. The van der Waals surface area contributed by atoms with E-state index >= 15 is 0 Å². The van der Waals surface area contributed by atoms with Gasteiger partial charge in [0.2, 0.25) is 0 Å². The van der Waals surface area contributed by atoms with Crippen LogP contribution in [0.1, 0.15) is 13.8 Å². The number of carboxylic acids is 1. The van der Waals surface area contributed by atoms with Gasteiger partial charge in [-0.1, -0.05) is 48.7 Å². The third kappa shape index (κ3) is 4.44. The molecule has 0 bridgehead atoms. The molecule has 0 heterocycles. The molecule has 5 nitrogen and oxygen atoms in total. The Morgan fingerprint density at radius 3 is 2.05 bits per heavy atom. The smallest absolute Gasteiger partial charge is 0.326 e. The number of benzene rings is 1. The van der Waals surface area contributed by atoms with Crippen molar-refractivity contribution < 1.29 is 14.7 Å². The zero-order valence-electron chi connectivity index (χ0n) is 10.7. The van der Waals surface area contributed by atoms with Gasteiger partial charge in [-0.2, -0.15) is 0 Å². The standard InChI is InChI=1S/C12H13Cl3N2O3/c1-5(2)9(11(18)19)16-12(20)17-10-7(14)3-6(13)4-8(10)15/h3-5,9H,1-2H3,(H,18,19)(H2,16,17,20)/t9-/m1/s1. The van der Waals surface area contributed by atoms with Crippen LogP contribution < -0.4 is 10.6 Å². The monoisotopic (exact) mass is 338 g/mol. The van der Waals surface area contributed by atoms with Crippen molar-refractivity contribution in [2.75, 3.05) is 5.32 Å². The largest absolute Gasteiger partial charge is 0.480 e. The number of urea groups is 1. The Balaban J connectivity index is 2.84. The van der Waals surface area contributed by atoms with Crippen LogP contribution in [-0.4, -0.2) is 23.1 Å². The Kier molecular flexibility index (Phi) is 5.92. The van der Waals surface area contributed by atoms with Crippen LogP contribution in [0.25, 0.3) is 0 Å². The van der Waals surface area contributed by atoms with E-state index in [-0.39, 0.29) is 21.7 Å². The normalized spacial score (nSPS) is 12.1. The number of halogens is 3. The molecule has 0 radical (unpaired) electrons. The van der Waals surface area contributed by atoms with E-state index in [2.05, 4.69) is 10.6 Å². The molecule has 0 unspecified atom stereocenters. The maximum absolute atomic E-state index is 11.8. The third-order valence-corrected chi connectivity index (χ3v) is 3.28. The summed E-state index contributed by atoms with van der Waals surface area (Å²) in [6, 6.07) is 1.11. The highest BCUT2D eigenvalue weighted by molar-refractivity contribution is 6.42. The molecule has 0 fully saturated rings. The van der Waals surface area contributed by atoms with E-state index in [0.717, 1.165) is 0 Å². The lowest BCUT2D eigenvalue weighted by atomic mass is 10.1. The van der Waals surface area contributed by atoms with Crippen molar-refractivity contribution in [3.63, 3.8) is 0 Å². The van der Waals surface area contributed by atoms with E-state index < -0.39 is 18.0 Å². The number of carboxylic acid groups (broad SMARTS) is 1. The molecule has 2 amide bonds. The van der Waals surface area contributed by atoms with Crippen molar-refractivity contribution in [2.45, 2.75) is 19.9 Å². The Labute approximate surface area is 131 Å². The summed E-state index contributed by atoms with van der Waals surface area (Å²) in [5, 5.41) is 14.4. The Morgan fingerprint density at radius 1 is 1.15 bits per heavy atom. The van der Waals surface area contributed by atoms with E-state index in [4.69, 9.17) is 39.9 Å². The molecule has 1 aromatic rings. The molecule has 1 rings (SSSR count). The zero-order valence-corrected chi connectivity index (χ0v) is 13.0. The van der Waals surface area contributed by atoms with Crippen LogP contribution in [0.3, 0.4) is 0 Å². The van der Waals surface area contributed by atoms with E-state index in [1.165, 1.54) is 12.1 Å². The summed E-state index contributed by atoms with van der Waals surface area (Å²) in [5.74, 6) is -1.39. The maximum atomic E-state index is 11.8. The predicted octanol–water partition coefficient (Wildman–Crippen LogP) is 3.88. The minimum absolute atomic E-state index is 0.161. The van der Waals surface area contributed by atoms with Gasteiger partial charge in [0.05, 0.1) is 15.7 Å². The van der Waals surface area contributed by atoms with Crippen LogP contribution >= 0.6 is 34.8 Å². The summed E-state index contributed by atoms with van der Waals surface area (Å²) in [7, 11) is 0. The first-order chi connectivity index (χ1) is 9.22. The lowest BCUT2D eigenvalue weighted by Gasteiger charge is -2.19. The Morgan fingerprint density at radius 2 is 1.65 bits per heavy atom.